The highest BCUT2D eigenvalue weighted by molar-refractivity contribution is 5.92. The maximum absolute atomic E-state index is 12.7. The number of ether oxygens (including phenoxy) is 1. The second kappa shape index (κ2) is 8.87. The van der Waals surface area contributed by atoms with Crippen molar-refractivity contribution >= 4 is 11.8 Å². The lowest BCUT2D eigenvalue weighted by Crippen LogP contribution is -2.50. The van der Waals surface area contributed by atoms with Gasteiger partial charge in [0.25, 0.3) is 5.91 Å². The van der Waals surface area contributed by atoms with E-state index in [1.807, 2.05) is 12.1 Å². The zero-order valence-corrected chi connectivity index (χ0v) is 17.5. The molecule has 2 aliphatic rings. The molecular weight excluding hydrogens is 384 g/mol. The van der Waals surface area contributed by atoms with Crippen LogP contribution in [-0.4, -0.2) is 70.8 Å². The van der Waals surface area contributed by atoms with Crippen molar-refractivity contribution in [3.63, 3.8) is 0 Å². The van der Waals surface area contributed by atoms with E-state index in [9.17, 15) is 9.59 Å². The molecule has 1 aliphatic carbocycles. The molecule has 1 aromatic carbocycles. The molecule has 1 aliphatic heterocycles. The standard InChI is InChI=1S/C22H28N4O4/c1-16(27)24-9-11-25(12-10-24)22(28)20-15-30-21(23-20)14-26(18-5-6-18)13-17-3-7-19(29-2)8-4-17/h3-4,7-8,15,18H,5-6,9-14H2,1-2H3. The van der Waals surface area contributed by atoms with Crippen LogP contribution in [0.4, 0.5) is 0 Å². The summed E-state index contributed by atoms with van der Waals surface area (Å²) >= 11 is 0. The molecule has 2 aromatic rings. The van der Waals surface area contributed by atoms with Crippen LogP contribution in [0.5, 0.6) is 5.75 Å². The molecule has 2 fully saturated rings. The molecule has 4 rings (SSSR count). The summed E-state index contributed by atoms with van der Waals surface area (Å²) in [4.78, 5) is 34.5. The van der Waals surface area contributed by atoms with Crippen LogP contribution in [0.1, 0.15) is 41.7 Å². The van der Waals surface area contributed by atoms with E-state index in [2.05, 4.69) is 22.0 Å². The number of piperazine rings is 1. The molecule has 30 heavy (non-hydrogen) atoms. The number of carbonyl (C=O) groups is 2. The Balaban J connectivity index is 1.36. The highest BCUT2D eigenvalue weighted by atomic mass is 16.5. The number of oxazole rings is 1. The number of rotatable bonds is 7. The summed E-state index contributed by atoms with van der Waals surface area (Å²) in [5.74, 6) is 1.31. The van der Waals surface area contributed by atoms with Gasteiger partial charge in [0, 0.05) is 45.7 Å². The maximum atomic E-state index is 12.7. The monoisotopic (exact) mass is 412 g/mol. The number of hydrogen-bond acceptors (Lipinski definition) is 6. The fourth-order valence-electron chi connectivity index (χ4n) is 3.76. The van der Waals surface area contributed by atoms with Gasteiger partial charge in [0.2, 0.25) is 11.8 Å². The zero-order chi connectivity index (χ0) is 21.1. The molecule has 1 aromatic heterocycles. The number of aromatic nitrogens is 1. The van der Waals surface area contributed by atoms with Crippen molar-refractivity contribution in [2.24, 2.45) is 0 Å². The third-order valence-electron chi connectivity index (χ3n) is 5.73. The topological polar surface area (TPSA) is 79.1 Å². The summed E-state index contributed by atoms with van der Waals surface area (Å²) in [5.41, 5.74) is 1.54. The van der Waals surface area contributed by atoms with Gasteiger partial charge < -0.3 is 19.0 Å². The van der Waals surface area contributed by atoms with Crippen LogP contribution < -0.4 is 4.74 Å². The van der Waals surface area contributed by atoms with E-state index in [0.29, 0.717) is 50.4 Å². The average Bonchev–Trinajstić information content (AvgIpc) is 3.52. The first kappa shape index (κ1) is 20.4. The molecular formula is C22H28N4O4. The summed E-state index contributed by atoms with van der Waals surface area (Å²) in [6.07, 6.45) is 3.79. The predicted octanol–water partition coefficient (Wildman–Crippen LogP) is 2.15. The number of hydrogen-bond donors (Lipinski definition) is 0. The fourth-order valence-corrected chi connectivity index (χ4v) is 3.76. The predicted molar refractivity (Wildman–Crippen MR) is 110 cm³/mol. The van der Waals surface area contributed by atoms with E-state index >= 15 is 0 Å². The third-order valence-corrected chi connectivity index (χ3v) is 5.73. The summed E-state index contributed by atoms with van der Waals surface area (Å²) in [7, 11) is 1.66. The number of benzene rings is 1. The Labute approximate surface area is 176 Å². The first-order valence-electron chi connectivity index (χ1n) is 10.4. The normalized spacial score (nSPS) is 16.8. The highest BCUT2D eigenvalue weighted by Gasteiger charge is 2.31. The van der Waals surface area contributed by atoms with Crippen LogP contribution in [0.25, 0.3) is 0 Å². The third kappa shape index (κ3) is 4.81. The quantitative estimate of drug-likeness (QED) is 0.693. The summed E-state index contributed by atoms with van der Waals surface area (Å²) < 4.78 is 10.9. The molecule has 1 saturated heterocycles. The first-order valence-corrected chi connectivity index (χ1v) is 10.4. The maximum Gasteiger partial charge on any atom is 0.275 e. The Kier molecular flexibility index (Phi) is 6.03. The van der Waals surface area contributed by atoms with Gasteiger partial charge >= 0.3 is 0 Å². The Morgan fingerprint density at radius 1 is 1.10 bits per heavy atom. The van der Waals surface area contributed by atoms with Crippen molar-refractivity contribution in [3.05, 3.63) is 47.7 Å². The van der Waals surface area contributed by atoms with Gasteiger partial charge in [-0.2, -0.15) is 0 Å². The van der Waals surface area contributed by atoms with Crippen molar-refractivity contribution in [1.82, 2.24) is 19.7 Å². The van der Waals surface area contributed by atoms with Crippen molar-refractivity contribution in [2.45, 2.75) is 38.9 Å². The van der Waals surface area contributed by atoms with E-state index < -0.39 is 0 Å². The molecule has 8 nitrogen and oxygen atoms in total. The number of nitrogens with zero attached hydrogens (tertiary/aromatic N) is 4. The van der Waals surface area contributed by atoms with E-state index in [1.54, 1.807) is 23.8 Å². The minimum absolute atomic E-state index is 0.0443. The Hall–Kier alpha value is -2.87. The lowest BCUT2D eigenvalue weighted by atomic mass is 10.2. The molecule has 0 bridgehead atoms. The van der Waals surface area contributed by atoms with Crippen LogP contribution in [0.2, 0.25) is 0 Å². The zero-order valence-electron chi connectivity index (χ0n) is 17.5. The second-order valence-electron chi connectivity index (χ2n) is 7.91. The van der Waals surface area contributed by atoms with E-state index in [1.165, 1.54) is 24.7 Å². The molecule has 160 valence electrons. The lowest BCUT2D eigenvalue weighted by molar-refractivity contribution is -0.130. The SMILES string of the molecule is COc1ccc(CN(Cc2nc(C(=O)N3CCN(C(C)=O)CC3)co2)C2CC2)cc1. The molecule has 0 spiro atoms. The van der Waals surface area contributed by atoms with Crippen LogP contribution in [-0.2, 0) is 17.9 Å². The van der Waals surface area contributed by atoms with Gasteiger partial charge in [0.1, 0.15) is 12.0 Å². The van der Waals surface area contributed by atoms with Gasteiger partial charge in [-0.15, -0.1) is 0 Å². The summed E-state index contributed by atoms with van der Waals surface area (Å²) in [6, 6.07) is 8.60. The summed E-state index contributed by atoms with van der Waals surface area (Å²) in [5, 5.41) is 0. The molecule has 2 amide bonds. The smallest absolute Gasteiger partial charge is 0.275 e. The largest absolute Gasteiger partial charge is 0.497 e. The van der Waals surface area contributed by atoms with Crippen molar-refractivity contribution in [3.8, 4) is 5.75 Å². The molecule has 2 heterocycles. The fraction of sp³-hybridized carbons (Fsp3) is 0.500. The van der Waals surface area contributed by atoms with Crippen LogP contribution in [0.15, 0.2) is 34.9 Å². The van der Waals surface area contributed by atoms with Crippen LogP contribution >= 0.6 is 0 Å². The minimum Gasteiger partial charge on any atom is -0.497 e. The molecule has 0 unspecified atom stereocenters. The highest BCUT2D eigenvalue weighted by Crippen LogP contribution is 2.30. The minimum atomic E-state index is -0.138. The Bertz CT molecular complexity index is 883. The van der Waals surface area contributed by atoms with Crippen molar-refractivity contribution in [1.29, 1.82) is 0 Å². The summed E-state index contributed by atoms with van der Waals surface area (Å²) in [6.45, 7) is 5.08. The van der Waals surface area contributed by atoms with Gasteiger partial charge in [0.15, 0.2) is 5.69 Å². The second-order valence-corrected chi connectivity index (χ2v) is 7.91. The van der Waals surface area contributed by atoms with Crippen LogP contribution in [0, 0.1) is 0 Å². The van der Waals surface area contributed by atoms with Crippen molar-refractivity contribution < 1.29 is 18.7 Å². The van der Waals surface area contributed by atoms with E-state index in [4.69, 9.17) is 9.15 Å². The van der Waals surface area contributed by atoms with Gasteiger partial charge in [0.05, 0.1) is 13.7 Å². The number of methoxy groups -OCH3 is 1. The van der Waals surface area contributed by atoms with E-state index in [-0.39, 0.29) is 11.8 Å². The van der Waals surface area contributed by atoms with Crippen molar-refractivity contribution in [2.75, 3.05) is 33.3 Å². The molecule has 0 radical (unpaired) electrons. The molecule has 1 saturated carbocycles. The number of carbonyl (C=O) groups excluding carboxylic acids is 2. The molecule has 0 atom stereocenters. The molecule has 8 heteroatoms. The molecule has 0 N–H and O–H groups in total. The lowest BCUT2D eigenvalue weighted by Gasteiger charge is -2.33. The van der Waals surface area contributed by atoms with Gasteiger partial charge in [-0.05, 0) is 30.5 Å². The Morgan fingerprint density at radius 2 is 1.77 bits per heavy atom. The van der Waals surface area contributed by atoms with Crippen LogP contribution in [0.3, 0.4) is 0 Å². The van der Waals surface area contributed by atoms with Gasteiger partial charge in [-0.1, -0.05) is 12.1 Å². The van der Waals surface area contributed by atoms with E-state index in [0.717, 1.165) is 12.3 Å². The van der Waals surface area contributed by atoms with Gasteiger partial charge in [-0.3, -0.25) is 14.5 Å². The number of amides is 2. The average molecular weight is 412 g/mol. The van der Waals surface area contributed by atoms with Gasteiger partial charge in [-0.25, -0.2) is 4.98 Å². The Morgan fingerprint density at radius 3 is 2.37 bits per heavy atom. The first-order chi connectivity index (χ1) is 14.5.